The summed E-state index contributed by atoms with van der Waals surface area (Å²) in [6.07, 6.45) is 1.48. The Labute approximate surface area is 240 Å². The molecule has 0 heterocycles. The lowest BCUT2D eigenvalue weighted by Gasteiger charge is -2.36. The molecule has 1 fully saturated rings. The molecule has 0 aliphatic heterocycles. The quantitative estimate of drug-likeness (QED) is 0.308. The lowest BCUT2D eigenvalue weighted by molar-refractivity contribution is -0.150. The minimum Gasteiger partial charge on any atom is -0.480 e. The second kappa shape index (κ2) is 12.6. The van der Waals surface area contributed by atoms with E-state index < -0.39 is 35.7 Å². The molecular formula is C33H36N2O6. The molecule has 0 aromatic heterocycles. The molecule has 2 atom stereocenters. The molecule has 8 heteroatoms. The summed E-state index contributed by atoms with van der Waals surface area (Å²) in [6.45, 7) is 2.00. The SMILES string of the molecule is C[C@H](OCc1ccccc1)[C@@H](NC(=O)OCC1c2ccccc2-c2ccccc21)C(=O)NC1(C(=O)O)CCCCC1. The maximum absolute atomic E-state index is 13.6. The molecule has 2 aliphatic rings. The van der Waals surface area contributed by atoms with Crippen LogP contribution in [0.5, 0.6) is 0 Å². The van der Waals surface area contributed by atoms with Gasteiger partial charge in [-0.3, -0.25) is 4.79 Å². The van der Waals surface area contributed by atoms with Crippen LogP contribution in [-0.4, -0.2) is 47.4 Å². The topological polar surface area (TPSA) is 114 Å². The number of carboxylic acid groups (broad SMARTS) is 1. The molecule has 0 radical (unpaired) electrons. The summed E-state index contributed by atoms with van der Waals surface area (Å²) >= 11 is 0. The Morgan fingerprint density at radius 1 is 0.878 bits per heavy atom. The number of carbonyl (C=O) groups excluding carboxylic acids is 2. The zero-order valence-corrected chi connectivity index (χ0v) is 23.2. The van der Waals surface area contributed by atoms with Crippen molar-refractivity contribution in [3.8, 4) is 11.1 Å². The summed E-state index contributed by atoms with van der Waals surface area (Å²) in [5, 5.41) is 15.4. The smallest absolute Gasteiger partial charge is 0.407 e. The van der Waals surface area contributed by atoms with Crippen molar-refractivity contribution in [2.45, 2.75) is 69.2 Å². The van der Waals surface area contributed by atoms with Crippen molar-refractivity contribution in [1.82, 2.24) is 10.6 Å². The van der Waals surface area contributed by atoms with Crippen molar-refractivity contribution in [2.24, 2.45) is 0 Å². The predicted molar refractivity (Wildman–Crippen MR) is 154 cm³/mol. The van der Waals surface area contributed by atoms with Crippen molar-refractivity contribution in [3.05, 3.63) is 95.6 Å². The highest BCUT2D eigenvalue weighted by molar-refractivity contribution is 5.92. The molecule has 0 saturated heterocycles. The Morgan fingerprint density at radius 3 is 2.07 bits per heavy atom. The largest absolute Gasteiger partial charge is 0.480 e. The number of hydrogen-bond acceptors (Lipinski definition) is 5. The van der Waals surface area contributed by atoms with Crippen molar-refractivity contribution >= 4 is 18.0 Å². The van der Waals surface area contributed by atoms with E-state index in [1.807, 2.05) is 66.7 Å². The third-order valence-corrected chi connectivity index (χ3v) is 8.20. The third-order valence-electron chi connectivity index (χ3n) is 8.20. The van der Waals surface area contributed by atoms with Crippen LogP contribution in [0.1, 0.15) is 61.6 Å². The number of rotatable bonds is 10. The van der Waals surface area contributed by atoms with Gasteiger partial charge in [0.2, 0.25) is 5.91 Å². The van der Waals surface area contributed by atoms with Gasteiger partial charge in [-0.15, -0.1) is 0 Å². The molecule has 2 amide bonds. The van der Waals surface area contributed by atoms with Crippen LogP contribution in [0.3, 0.4) is 0 Å². The average Bonchev–Trinajstić information content (AvgIpc) is 3.32. The first kappa shape index (κ1) is 28.4. The van der Waals surface area contributed by atoms with E-state index in [9.17, 15) is 19.5 Å². The summed E-state index contributed by atoms with van der Waals surface area (Å²) in [7, 11) is 0. The highest BCUT2D eigenvalue weighted by atomic mass is 16.5. The summed E-state index contributed by atoms with van der Waals surface area (Å²) < 4.78 is 11.7. The summed E-state index contributed by atoms with van der Waals surface area (Å²) in [6, 6.07) is 24.4. The first-order chi connectivity index (χ1) is 19.9. The molecule has 0 spiro atoms. The first-order valence-corrected chi connectivity index (χ1v) is 14.2. The van der Waals surface area contributed by atoms with E-state index in [1.54, 1.807) is 6.92 Å². The van der Waals surface area contributed by atoms with Crippen LogP contribution in [0.4, 0.5) is 4.79 Å². The average molecular weight is 557 g/mol. The van der Waals surface area contributed by atoms with Gasteiger partial charge >= 0.3 is 12.1 Å². The standard InChI is InChI=1S/C33H36N2O6/c1-22(40-20-23-12-4-2-5-13-23)29(30(36)35-33(31(37)38)18-10-3-11-19-33)34-32(39)41-21-28-26-16-8-6-14-24(26)25-15-7-9-17-27(25)28/h2,4-9,12-17,22,28-29H,3,10-11,18-21H2,1H3,(H,34,39)(H,35,36)(H,37,38)/t22-,29+/m0/s1. The van der Waals surface area contributed by atoms with Crippen LogP contribution in [0.25, 0.3) is 11.1 Å². The van der Waals surface area contributed by atoms with E-state index in [0.29, 0.717) is 25.7 Å². The summed E-state index contributed by atoms with van der Waals surface area (Å²) in [4.78, 5) is 38.9. The van der Waals surface area contributed by atoms with E-state index in [-0.39, 0.29) is 19.1 Å². The van der Waals surface area contributed by atoms with E-state index in [1.165, 1.54) is 0 Å². The van der Waals surface area contributed by atoms with Crippen LogP contribution in [0.15, 0.2) is 78.9 Å². The molecule has 0 bridgehead atoms. The number of fused-ring (bicyclic) bond motifs is 3. The van der Waals surface area contributed by atoms with Gasteiger partial charge < -0.3 is 25.2 Å². The monoisotopic (exact) mass is 556 g/mol. The van der Waals surface area contributed by atoms with E-state index in [2.05, 4.69) is 22.8 Å². The Balaban J connectivity index is 1.30. The number of aliphatic carboxylic acids is 1. The molecule has 5 rings (SSSR count). The highest BCUT2D eigenvalue weighted by Gasteiger charge is 2.43. The molecule has 214 valence electrons. The van der Waals surface area contributed by atoms with E-state index in [4.69, 9.17) is 9.47 Å². The number of alkyl carbamates (subject to hydrolysis) is 1. The van der Waals surface area contributed by atoms with Crippen molar-refractivity contribution in [3.63, 3.8) is 0 Å². The van der Waals surface area contributed by atoms with Crippen LogP contribution in [-0.2, 0) is 25.7 Å². The third kappa shape index (κ3) is 6.28. The van der Waals surface area contributed by atoms with Gasteiger partial charge in [0.05, 0.1) is 12.7 Å². The van der Waals surface area contributed by atoms with Gasteiger partial charge in [0, 0.05) is 5.92 Å². The fraction of sp³-hybridized carbons (Fsp3) is 0.364. The molecule has 41 heavy (non-hydrogen) atoms. The van der Waals surface area contributed by atoms with Gasteiger partial charge in [0.15, 0.2) is 0 Å². The Morgan fingerprint density at radius 2 is 1.46 bits per heavy atom. The number of amides is 2. The Hall–Kier alpha value is -4.17. The second-order valence-corrected chi connectivity index (χ2v) is 10.9. The van der Waals surface area contributed by atoms with Gasteiger partial charge in [-0.05, 0) is 47.6 Å². The Bertz CT molecular complexity index is 1340. The van der Waals surface area contributed by atoms with Crippen LogP contribution in [0, 0.1) is 0 Å². The number of nitrogens with one attached hydrogen (secondary N) is 2. The second-order valence-electron chi connectivity index (χ2n) is 10.9. The molecule has 3 aromatic rings. The van der Waals surface area contributed by atoms with Crippen LogP contribution >= 0.6 is 0 Å². The molecule has 8 nitrogen and oxygen atoms in total. The lowest BCUT2D eigenvalue weighted by atomic mass is 9.81. The van der Waals surface area contributed by atoms with Gasteiger partial charge in [-0.2, -0.15) is 0 Å². The number of hydrogen-bond donors (Lipinski definition) is 3. The fourth-order valence-electron chi connectivity index (χ4n) is 5.92. The normalized spacial score (nSPS) is 17.0. The minimum atomic E-state index is -1.37. The van der Waals surface area contributed by atoms with E-state index >= 15 is 0 Å². The van der Waals surface area contributed by atoms with Crippen molar-refractivity contribution in [2.75, 3.05) is 6.61 Å². The molecule has 2 aliphatic carbocycles. The van der Waals surface area contributed by atoms with Gasteiger partial charge in [0.1, 0.15) is 18.2 Å². The zero-order valence-electron chi connectivity index (χ0n) is 23.2. The fourth-order valence-corrected chi connectivity index (χ4v) is 5.92. The molecule has 1 saturated carbocycles. The van der Waals surface area contributed by atoms with E-state index in [0.717, 1.165) is 34.2 Å². The van der Waals surface area contributed by atoms with Crippen molar-refractivity contribution < 1.29 is 29.0 Å². The van der Waals surface area contributed by atoms with Crippen LogP contribution in [0.2, 0.25) is 0 Å². The summed E-state index contributed by atoms with van der Waals surface area (Å²) in [5.41, 5.74) is 3.93. The molecule has 3 N–H and O–H groups in total. The minimum absolute atomic E-state index is 0.0898. The van der Waals surface area contributed by atoms with Crippen molar-refractivity contribution in [1.29, 1.82) is 0 Å². The van der Waals surface area contributed by atoms with Gasteiger partial charge in [0.25, 0.3) is 0 Å². The zero-order chi connectivity index (χ0) is 28.8. The number of benzene rings is 3. The number of carbonyl (C=O) groups is 3. The van der Waals surface area contributed by atoms with Crippen LogP contribution < -0.4 is 10.6 Å². The lowest BCUT2D eigenvalue weighted by Crippen LogP contribution is -2.62. The Kier molecular flexibility index (Phi) is 8.69. The number of ether oxygens (including phenoxy) is 2. The number of carboxylic acids is 1. The highest BCUT2D eigenvalue weighted by Crippen LogP contribution is 2.44. The summed E-state index contributed by atoms with van der Waals surface area (Å²) in [5.74, 6) is -1.81. The first-order valence-electron chi connectivity index (χ1n) is 14.2. The predicted octanol–water partition coefficient (Wildman–Crippen LogP) is 5.40. The molecule has 0 unspecified atom stereocenters. The maximum Gasteiger partial charge on any atom is 0.407 e. The maximum atomic E-state index is 13.6. The van der Waals surface area contributed by atoms with Gasteiger partial charge in [-0.1, -0.05) is 98.1 Å². The molecule has 3 aromatic carbocycles. The van der Waals surface area contributed by atoms with Gasteiger partial charge in [-0.25, -0.2) is 9.59 Å². The molecular weight excluding hydrogens is 520 g/mol.